The Bertz CT molecular complexity index is 583. The minimum absolute atomic E-state index is 0.340. The second-order valence-corrected chi connectivity index (χ2v) is 4.86. The molecule has 0 N–H and O–H groups in total. The van der Waals surface area contributed by atoms with Gasteiger partial charge in [0.25, 0.3) is 5.69 Å². The number of nitro groups is 1. The van der Waals surface area contributed by atoms with Crippen LogP contribution in [0.25, 0.3) is 0 Å². The lowest BCUT2D eigenvalue weighted by Gasteiger charge is -2.24. The molecule has 0 bridgehead atoms. The number of alkyl halides is 3. The maximum atomic E-state index is 12.6. The Hall–Kier alpha value is -2.16. The number of rotatable bonds is 3. The maximum Gasteiger partial charge on any atom is 0.416 e. The second kappa shape index (κ2) is 6.30. The van der Waals surface area contributed by atoms with Crippen molar-refractivity contribution in [1.29, 1.82) is 0 Å². The molecule has 6 nitrogen and oxygen atoms in total. The van der Waals surface area contributed by atoms with Crippen molar-refractivity contribution in [3.05, 3.63) is 39.4 Å². The minimum Gasteiger partial charge on any atom is -0.364 e. The average molecular weight is 318 g/mol. The van der Waals surface area contributed by atoms with E-state index in [9.17, 15) is 28.1 Å². The summed E-state index contributed by atoms with van der Waals surface area (Å²) in [4.78, 5) is 26.8. The minimum atomic E-state index is -4.72. The monoisotopic (exact) mass is 318 g/mol. The molecule has 1 fully saturated rings. The van der Waals surface area contributed by atoms with Crippen LogP contribution in [-0.2, 0) is 11.0 Å². The first-order valence-electron chi connectivity index (χ1n) is 6.62. The molecule has 22 heavy (non-hydrogen) atoms. The molecule has 1 saturated heterocycles. The molecule has 0 aromatic heterocycles. The molecule has 0 amide bonds. The van der Waals surface area contributed by atoms with Crippen LogP contribution in [-0.4, -0.2) is 29.0 Å². The van der Waals surface area contributed by atoms with Crippen LogP contribution in [0.2, 0.25) is 0 Å². The number of carbonyl (C=O) groups excluding carboxylic acids is 1. The van der Waals surface area contributed by atoms with Crippen molar-refractivity contribution < 1.29 is 27.7 Å². The summed E-state index contributed by atoms with van der Waals surface area (Å²) in [7, 11) is 0. The summed E-state index contributed by atoms with van der Waals surface area (Å²) in [6.07, 6.45) is -2.08. The van der Waals surface area contributed by atoms with Gasteiger partial charge in [-0.3, -0.25) is 10.1 Å². The molecule has 120 valence electrons. The van der Waals surface area contributed by atoms with Gasteiger partial charge in [-0.1, -0.05) is 6.42 Å². The van der Waals surface area contributed by atoms with E-state index in [0.29, 0.717) is 25.2 Å². The number of hydrogen-bond acceptors (Lipinski definition) is 5. The van der Waals surface area contributed by atoms with Gasteiger partial charge >= 0.3 is 12.1 Å². The van der Waals surface area contributed by atoms with Crippen molar-refractivity contribution in [2.75, 3.05) is 13.1 Å². The molecule has 1 aromatic rings. The molecular formula is C13H13F3N2O4. The van der Waals surface area contributed by atoms with Crippen molar-refractivity contribution >= 4 is 11.7 Å². The summed E-state index contributed by atoms with van der Waals surface area (Å²) in [5, 5.41) is 12.3. The highest BCUT2D eigenvalue weighted by Crippen LogP contribution is 2.33. The fraction of sp³-hybridized carbons (Fsp3) is 0.462. The van der Waals surface area contributed by atoms with Crippen LogP contribution in [0.1, 0.15) is 35.2 Å². The standard InChI is InChI=1S/C13H13F3N2O4/c14-13(15,16)9-4-5-10(11(8-9)18(20)21)12(19)22-17-6-2-1-3-7-17/h4-5,8H,1-3,6-7H2. The Balaban J connectivity index is 2.25. The summed E-state index contributed by atoms with van der Waals surface area (Å²) >= 11 is 0. The largest absolute Gasteiger partial charge is 0.416 e. The first kappa shape index (κ1) is 16.2. The Morgan fingerprint density at radius 1 is 1.23 bits per heavy atom. The zero-order chi connectivity index (χ0) is 16.3. The molecule has 1 aromatic carbocycles. The number of piperidine rings is 1. The summed E-state index contributed by atoms with van der Waals surface area (Å²) < 4.78 is 37.8. The van der Waals surface area contributed by atoms with E-state index >= 15 is 0 Å². The molecule has 2 rings (SSSR count). The molecule has 0 aliphatic carbocycles. The third kappa shape index (κ3) is 3.73. The zero-order valence-electron chi connectivity index (χ0n) is 11.4. The van der Waals surface area contributed by atoms with E-state index in [1.54, 1.807) is 0 Å². The Morgan fingerprint density at radius 3 is 2.41 bits per heavy atom. The van der Waals surface area contributed by atoms with Gasteiger partial charge in [0.15, 0.2) is 0 Å². The van der Waals surface area contributed by atoms with Gasteiger partial charge in [-0.05, 0) is 25.0 Å². The van der Waals surface area contributed by atoms with Crippen molar-refractivity contribution in [1.82, 2.24) is 5.06 Å². The Morgan fingerprint density at radius 2 is 1.86 bits per heavy atom. The molecule has 0 atom stereocenters. The van der Waals surface area contributed by atoms with E-state index in [0.717, 1.165) is 25.3 Å². The average Bonchev–Trinajstić information content (AvgIpc) is 2.46. The summed E-state index contributed by atoms with van der Waals surface area (Å²) in [5.74, 6) is -1.03. The third-order valence-electron chi connectivity index (χ3n) is 3.27. The van der Waals surface area contributed by atoms with Crippen LogP contribution in [0.5, 0.6) is 0 Å². The van der Waals surface area contributed by atoms with Crippen molar-refractivity contribution in [2.24, 2.45) is 0 Å². The topological polar surface area (TPSA) is 72.7 Å². The molecule has 1 aliphatic heterocycles. The molecule has 1 aliphatic rings. The number of halogens is 3. The van der Waals surface area contributed by atoms with E-state index in [4.69, 9.17) is 4.84 Å². The van der Waals surface area contributed by atoms with Gasteiger partial charge in [0.1, 0.15) is 5.56 Å². The molecule has 1 heterocycles. The van der Waals surface area contributed by atoms with Gasteiger partial charge in [-0.25, -0.2) is 4.79 Å². The van der Waals surface area contributed by atoms with Crippen molar-refractivity contribution in [3.8, 4) is 0 Å². The SMILES string of the molecule is O=C(ON1CCCCC1)c1ccc(C(F)(F)F)cc1[N+](=O)[O-]. The first-order chi connectivity index (χ1) is 10.3. The highest BCUT2D eigenvalue weighted by Gasteiger charge is 2.34. The number of benzene rings is 1. The van der Waals surface area contributed by atoms with Crippen LogP contribution >= 0.6 is 0 Å². The second-order valence-electron chi connectivity index (χ2n) is 4.86. The van der Waals surface area contributed by atoms with Crippen molar-refractivity contribution in [3.63, 3.8) is 0 Å². The summed E-state index contributed by atoms with van der Waals surface area (Å²) in [6, 6.07) is 1.74. The van der Waals surface area contributed by atoms with Crippen molar-refractivity contribution in [2.45, 2.75) is 25.4 Å². The normalized spacial score (nSPS) is 16.3. The number of nitro benzene ring substituents is 1. The van der Waals surface area contributed by atoms with Gasteiger partial charge in [-0.2, -0.15) is 13.2 Å². The van der Waals surface area contributed by atoms with Crippen LogP contribution in [0.4, 0.5) is 18.9 Å². The van der Waals surface area contributed by atoms with Crippen LogP contribution in [0.15, 0.2) is 18.2 Å². The van der Waals surface area contributed by atoms with E-state index < -0.39 is 33.9 Å². The van der Waals surface area contributed by atoms with Gasteiger partial charge in [0.2, 0.25) is 0 Å². The molecule has 0 radical (unpaired) electrons. The smallest absolute Gasteiger partial charge is 0.364 e. The fourth-order valence-corrected chi connectivity index (χ4v) is 2.15. The van der Waals surface area contributed by atoms with Crippen LogP contribution in [0, 0.1) is 10.1 Å². The van der Waals surface area contributed by atoms with E-state index in [2.05, 4.69) is 0 Å². The summed E-state index contributed by atoms with van der Waals surface area (Å²) in [5.41, 5.74) is -2.60. The summed E-state index contributed by atoms with van der Waals surface area (Å²) in [6.45, 7) is 1.00. The third-order valence-corrected chi connectivity index (χ3v) is 3.27. The molecule has 0 saturated carbocycles. The number of hydrogen-bond donors (Lipinski definition) is 0. The lowest BCUT2D eigenvalue weighted by Crippen LogP contribution is -2.32. The van der Waals surface area contributed by atoms with E-state index in [1.165, 1.54) is 5.06 Å². The number of nitrogens with zero attached hydrogens (tertiary/aromatic N) is 2. The van der Waals surface area contributed by atoms with E-state index in [1.807, 2.05) is 0 Å². The van der Waals surface area contributed by atoms with Crippen LogP contribution < -0.4 is 0 Å². The molecule has 9 heteroatoms. The molecule has 0 unspecified atom stereocenters. The number of carbonyl (C=O) groups is 1. The Labute approximate surface area is 123 Å². The lowest BCUT2D eigenvalue weighted by atomic mass is 10.1. The maximum absolute atomic E-state index is 12.6. The zero-order valence-corrected chi connectivity index (χ0v) is 11.4. The van der Waals surface area contributed by atoms with E-state index in [-0.39, 0.29) is 0 Å². The van der Waals surface area contributed by atoms with Gasteiger partial charge < -0.3 is 4.84 Å². The molecule has 0 spiro atoms. The van der Waals surface area contributed by atoms with Crippen LogP contribution in [0.3, 0.4) is 0 Å². The Kier molecular flexibility index (Phi) is 4.65. The first-order valence-corrected chi connectivity index (χ1v) is 6.62. The highest BCUT2D eigenvalue weighted by molar-refractivity contribution is 5.93. The lowest BCUT2D eigenvalue weighted by molar-refractivity contribution is -0.385. The van der Waals surface area contributed by atoms with Gasteiger partial charge in [0.05, 0.1) is 10.5 Å². The van der Waals surface area contributed by atoms with Gasteiger partial charge in [-0.15, -0.1) is 5.06 Å². The predicted molar refractivity (Wildman–Crippen MR) is 68.9 cm³/mol. The number of hydroxylamine groups is 2. The fourth-order valence-electron chi connectivity index (χ4n) is 2.15. The predicted octanol–water partition coefficient (Wildman–Crippen LogP) is 3.17. The van der Waals surface area contributed by atoms with Gasteiger partial charge in [0, 0.05) is 19.2 Å². The molecular weight excluding hydrogens is 305 g/mol. The highest BCUT2D eigenvalue weighted by atomic mass is 19.4. The quantitative estimate of drug-likeness (QED) is 0.632.